The summed E-state index contributed by atoms with van der Waals surface area (Å²) in [6.45, 7) is 5.36. The third-order valence-electron chi connectivity index (χ3n) is 4.61. The molecule has 8 heteroatoms. The molecule has 3 N–H and O–H groups in total. The molecule has 0 saturated carbocycles. The second-order valence-corrected chi connectivity index (χ2v) is 7.81. The van der Waals surface area contributed by atoms with Crippen LogP contribution in [-0.4, -0.2) is 29.9 Å². The highest BCUT2D eigenvalue weighted by molar-refractivity contribution is 9.10. The van der Waals surface area contributed by atoms with E-state index < -0.39 is 24.0 Å². The van der Waals surface area contributed by atoms with Crippen molar-refractivity contribution in [2.75, 3.05) is 0 Å². The number of amides is 3. The molecule has 0 heterocycles. The number of hydrogen-bond donors (Lipinski definition) is 3. The summed E-state index contributed by atoms with van der Waals surface area (Å²) >= 11 is 3.34. The molecule has 0 saturated heterocycles. The van der Waals surface area contributed by atoms with Crippen molar-refractivity contribution in [2.45, 2.75) is 39.3 Å². The molecule has 2 aromatic rings. The van der Waals surface area contributed by atoms with E-state index in [0.29, 0.717) is 17.7 Å². The molecule has 0 aromatic heterocycles. The Morgan fingerprint density at radius 3 is 2.27 bits per heavy atom. The summed E-state index contributed by atoms with van der Waals surface area (Å²) in [4.78, 5) is 37.4. The van der Waals surface area contributed by atoms with Crippen LogP contribution >= 0.6 is 15.9 Å². The van der Waals surface area contributed by atoms with Crippen molar-refractivity contribution in [3.63, 3.8) is 0 Å². The first-order chi connectivity index (χ1) is 14.3. The van der Waals surface area contributed by atoms with Crippen LogP contribution in [0.15, 0.2) is 59.1 Å². The molecular formula is C22H26BrN3O4. The topological polar surface area (TPSA) is 96.5 Å². The lowest BCUT2D eigenvalue weighted by molar-refractivity contribution is -0.133. The fourth-order valence-electron chi connectivity index (χ4n) is 2.62. The fraction of sp³-hybridized carbons (Fsp3) is 0.318. The van der Waals surface area contributed by atoms with Gasteiger partial charge in [-0.25, -0.2) is 0 Å². The molecule has 0 aliphatic heterocycles. The molecule has 7 nitrogen and oxygen atoms in total. The number of hydrazine groups is 1. The number of halogens is 1. The van der Waals surface area contributed by atoms with Crippen LogP contribution in [0.4, 0.5) is 0 Å². The second-order valence-electron chi connectivity index (χ2n) is 6.90. The van der Waals surface area contributed by atoms with E-state index in [4.69, 9.17) is 4.74 Å². The van der Waals surface area contributed by atoms with E-state index in [9.17, 15) is 14.4 Å². The summed E-state index contributed by atoms with van der Waals surface area (Å²) in [5, 5.41) is 2.74. The molecule has 2 aromatic carbocycles. The van der Waals surface area contributed by atoms with Gasteiger partial charge >= 0.3 is 0 Å². The van der Waals surface area contributed by atoms with Gasteiger partial charge in [0.25, 0.3) is 17.7 Å². The zero-order chi connectivity index (χ0) is 22.1. The van der Waals surface area contributed by atoms with Crippen molar-refractivity contribution in [3.05, 3.63) is 64.6 Å². The zero-order valence-corrected chi connectivity index (χ0v) is 18.7. The Hall–Kier alpha value is -2.87. The molecule has 2 rings (SSSR count). The van der Waals surface area contributed by atoms with E-state index in [0.717, 1.165) is 4.47 Å². The van der Waals surface area contributed by atoms with Crippen LogP contribution in [0.3, 0.4) is 0 Å². The lowest BCUT2D eigenvalue weighted by Gasteiger charge is -2.24. The van der Waals surface area contributed by atoms with Gasteiger partial charge in [-0.15, -0.1) is 0 Å². The Kier molecular flexibility index (Phi) is 8.86. The van der Waals surface area contributed by atoms with E-state index in [2.05, 4.69) is 32.1 Å². The van der Waals surface area contributed by atoms with Gasteiger partial charge in [-0.05, 0) is 43.2 Å². The highest BCUT2D eigenvalue weighted by Crippen LogP contribution is 2.18. The lowest BCUT2D eigenvalue weighted by Crippen LogP contribution is -2.56. The first kappa shape index (κ1) is 23.4. The highest BCUT2D eigenvalue weighted by atomic mass is 79.9. The van der Waals surface area contributed by atoms with Crippen LogP contribution in [0.5, 0.6) is 5.75 Å². The van der Waals surface area contributed by atoms with E-state index in [1.807, 2.05) is 26.0 Å². The number of ether oxygens (including phenoxy) is 1. The predicted octanol–water partition coefficient (Wildman–Crippen LogP) is 3.21. The zero-order valence-electron chi connectivity index (χ0n) is 17.1. The van der Waals surface area contributed by atoms with Crippen molar-refractivity contribution >= 4 is 33.7 Å². The van der Waals surface area contributed by atoms with Gasteiger partial charge in [-0.3, -0.25) is 25.2 Å². The van der Waals surface area contributed by atoms with Crippen LogP contribution in [0.25, 0.3) is 0 Å². The summed E-state index contributed by atoms with van der Waals surface area (Å²) in [6.07, 6.45) is -0.163. The monoisotopic (exact) mass is 475 g/mol. The molecule has 0 aliphatic rings. The molecule has 3 atom stereocenters. The van der Waals surface area contributed by atoms with Gasteiger partial charge in [-0.2, -0.15) is 0 Å². The van der Waals surface area contributed by atoms with Gasteiger partial charge in [-0.1, -0.05) is 60.5 Å². The summed E-state index contributed by atoms with van der Waals surface area (Å²) in [6, 6.07) is 14.9. The Bertz CT molecular complexity index is 876. The van der Waals surface area contributed by atoms with Crippen LogP contribution in [0, 0.1) is 5.92 Å². The molecule has 0 aliphatic carbocycles. The number of carbonyl (C=O) groups excluding carboxylic acids is 3. The Balaban J connectivity index is 1.94. The normalized spacial score (nSPS) is 13.5. The van der Waals surface area contributed by atoms with E-state index in [1.165, 1.54) is 0 Å². The summed E-state index contributed by atoms with van der Waals surface area (Å²) in [5.74, 6) is -0.984. The summed E-state index contributed by atoms with van der Waals surface area (Å²) in [7, 11) is 0. The number of hydrogen-bond acceptors (Lipinski definition) is 4. The predicted molar refractivity (Wildman–Crippen MR) is 118 cm³/mol. The largest absolute Gasteiger partial charge is 0.481 e. The molecule has 0 unspecified atom stereocenters. The van der Waals surface area contributed by atoms with Gasteiger partial charge in [0.15, 0.2) is 6.10 Å². The average molecular weight is 476 g/mol. The smallest absolute Gasteiger partial charge is 0.279 e. The standard InChI is InChI=1S/C22H26BrN3O4/c1-4-14(2)19(24-21(28)16-9-6-5-7-10-16)22(29)26-25-20(27)15(3)30-18-12-8-11-17(23)13-18/h5-15,19H,4H2,1-3H3,(H,24,28)(H,25,27)(H,26,29)/t14-,15-,19-/m1/s1. The summed E-state index contributed by atoms with van der Waals surface area (Å²) < 4.78 is 6.40. The summed E-state index contributed by atoms with van der Waals surface area (Å²) in [5.41, 5.74) is 5.21. The number of carbonyl (C=O) groups is 3. The van der Waals surface area contributed by atoms with Crippen LogP contribution in [0.1, 0.15) is 37.6 Å². The van der Waals surface area contributed by atoms with E-state index in [-0.39, 0.29) is 11.8 Å². The Morgan fingerprint density at radius 2 is 1.63 bits per heavy atom. The Morgan fingerprint density at radius 1 is 0.967 bits per heavy atom. The number of rotatable bonds is 8. The van der Waals surface area contributed by atoms with Crippen LogP contribution in [-0.2, 0) is 9.59 Å². The molecule has 0 spiro atoms. The minimum Gasteiger partial charge on any atom is -0.481 e. The maximum absolute atomic E-state index is 12.7. The third-order valence-corrected chi connectivity index (χ3v) is 5.10. The average Bonchev–Trinajstić information content (AvgIpc) is 2.75. The first-order valence-corrected chi connectivity index (χ1v) is 10.5. The molecule has 0 radical (unpaired) electrons. The van der Waals surface area contributed by atoms with Gasteiger partial charge in [0.05, 0.1) is 0 Å². The molecular weight excluding hydrogens is 450 g/mol. The van der Waals surface area contributed by atoms with Gasteiger partial charge in [0.2, 0.25) is 0 Å². The molecule has 3 amide bonds. The van der Waals surface area contributed by atoms with Gasteiger partial charge in [0, 0.05) is 10.0 Å². The third kappa shape index (κ3) is 6.88. The first-order valence-electron chi connectivity index (χ1n) is 9.69. The minimum absolute atomic E-state index is 0.134. The molecule has 30 heavy (non-hydrogen) atoms. The maximum Gasteiger partial charge on any atom is 0.279 e. The second kappa shape index (κ2) is 11.3. The van der Waals surface area contributed by atoms with E-state index >= 15 is 0 Å². The SMILES string of the molecule is CC[C@@H](C)[C@@H](NC(=O)c1ccccc1)C(=O)NNC(=O)[C@@H](C)Oc1cccc(Br)c1. The van der Waals surface area contributed by atoms with Crippen molar-refractivity contribution in [3.8, 4) is 5.75 Å². The van der Waals surface area contributed by atoms with E-state index in [1.54, 1.807) is 49.4 Å². The Labute approximate surface area is 184 Å². The molecule has 160 valence electrons. The van der Waals surface area contributed by atoms with Crippen molar-refractivity contribution in [1.82, 2.24) is 16.2 Å². The quantitative estimate of drug-likeness (QED) is 0.510. The minimum atomic E-state index is -0.833. The van der Waals surface area contributed by atoms with Crippen molar-refractivity contribution < 1.29 is 19.1 Å². The van der Waals surface area contributed by atoms with Gasteiger partial charge in [0.1, 0.15) is 11.8 Å². The number of nitrogens with one attached hydrogen (secondary N) is 3. The highest BCUT2D eigenvalue weighted by Gasteiger charge is 2.27. The van der Waals surface area contributed by atoms with Crippen molar-refractivity contribution in [1.29, 1.82) is 0 Å². The maximum atomic E-state index is 12.7. The molecule has 0 fully saturated rings. The van der Waals surface area contributed by atoms with Gasteiger partial charge < -0.3 is 10.1 Å². The van der Waals surface area contributed by atoms with Crippen molar-refractivity contribution in [2.24, 2.45) is 5.92 Å². The van der Waals surface area contributed by atoms with Crippen LogP contribution in [0.2, 0.25) is 0 Å². The fourth-order valence-corrected chi connectivity index (χ4v) is 2.99. The number of benzene rings is 2. The molecule has 0 bridgehead atoms. The van der Waals surface area contributed by atoms with Crippen LogP contribution < -0.4 is 20.9 Å². The lowest BCUT2D eigenvalue weighted by atomic mass is 9.98.